The lowest BCUT2D eigenvalue weighted by molar-refractivity contribution is -0.116. The molecule has 0 spiro atoms. The molecule has 2 amide bonds. The van der Waals surface area contributed by atoms with Crippen LogP contribution in [0.25, 0.3) is 0 Å². The fourth-order valence-corrected chi connectivity index (χ4v) is 5.33. The molecule has 0 unspecified atom stereocenters. The standard InChI is InChI=1S/C24H28Cl2N2O5S/c1-3-32-24(31)20-15(2)21(23(30)28-11-5-4-6-12-28)34-22(20)27-19(29)8-7-13-33-18-10-9-16(25)14-17(18)26/h9-10,14H,3-8,11-13H2,1-2H3,(H,27,29). The first-order valence-corrected chi connectivity index (χ1v) is 12.9. The van der Waals surface area contributed by atoms with Crippen LogP contribution in [-0.4, -0.2) is 49.0 Å². The van der Waals surface area contributed by atoms with Crippen molar-refractivity contribution in [2.24, 2.45) is 0 Å². The number of halogens is 2. The van der Waals surface area contributed by atoms with E-state index in [1.807, 2.05) is 4.90 Å². The molecular formula is C24H28Cl2N2O5S. The molecule has 34 heavy (non-hydrogen) atoms. The van der Waals surface area contributed by atoms with Crippen LogP contribution in [-0.2, 0) is 9.53 Å². The number of hydrogen-bond acceptors (Lipinski definition) is 6. The molecule has 0 aliphatic carbocycles. The highest BCUT2D eigenvalue weighted by molar-refractivity contribution is 7.18. The number of carbonyl (C=O) groups excluding carboxylic acids is 3. The summed E-state index contributed by atoms with van der Waals surface area (Å²) in [6, 6.07) is 4.93. The van der Waals surface area contributed by atoms with Crippen LogP contribution in [0, 0.1) is 6.92 Å². The van der Waals surface area contributed by atoms with E-state index >= 15 is 0 Å². The van der Waals surface area contributed by atoms with Crippen molar-refractivity contribution in [3.8, 4) is 5.75 Å². The van der Waals surface area contributed by atoms with Crippen LogP contribution in [0.3, 0.4) is 0 Å². The van der Waals surface area contributed by atoms with E-state index in [9.17, 15) is 14.4 Å². The molecule has 1 saturated heterocycles. The zero-order valence-corrected chi connectivity index (χ0v) is 21.6. The van der Waals surface area contributed by atoms with Gasteiger partial charge in [-0.25, -0.2) is 4.79 Å². The topological polar surface area (TPSA) is 84.9 Å². The van der Waals surface area contributed by atoms with E-state index in [1.54, 1.807) is 32.0 Å². The maximum atomic E-state index is 13.1. The van der Waals surface area contributed by atoms with Crippen molar-refractivity contribution in [2.45, 2.75) is 46.0 Å². The van der Waals surface area contributed by atoms with Gasteiger partial charge in [0.2, 0.25) is 5.91 Å². The Morgan fingerprint density at radius 3 is 2.56 bits per heavy atom. The van der Waals surface area contributed by atoms with Crippen molar-refractivity contribution in [1.29, 1.82) is 0 Å². The Labute approximate surface area is 213 Å². The Bertz CT molecular complexity index is 1050. The van der Waals surface area contributed by atoms with Crippen LogP contribution in [0.5, 0.6) is 5.75 Å². The van der Waals surface area contributed by atoms with E-state index < -0.39 is 5.97 Å². The fourth-order valence-electron chi connectivity index (χ4n) is 3.69. The number of hydrogen-bond donors (Lipinski definition) is 1. The number of thiophene rings is 1. The van der Waals surface area contributed by atoms with Crippen molar-refractivity contribution >= 4 is 57.3 Å². The summed E-state index contributed by atoms with van der Waals surface area (Å²) in [5.74, 6) is -0.452. The number of anilines is 1. The first-order chi connectivity index (χ1) is 16.3. The minimum Gasteiger partial charge on any atom is -0.492 e. The van der Waals surface area contributed by atoms with Crippen LogP contribution in [0.4, 0.5) is 5.00 Å². The maximum Gasteiger partial charge on any atom is 0.341 e. The van der Waals surface area contributed by atoms with Gasteiger partial charge in [0.1, 0.15) is 10.8 Å². The van der Waals surface area contributed by atoms with E-state index in [2.05, 4.69) is 5.32 Å². The highest BCUT2D eigenvalue weighted by atomic mass is 35.5. The summed E-state index contributed by atoms with van der Waals surface area (Å²) >= 11 is 13.1. The quantitative estimate of drug-likeness (QED) is 0.321. The summed E-state index contributed by atoms with van der Waals surface area (Å²) in [7, 11) is 0. The molecule has 1 aliphatic rings. The fraction of sp³-hybridized carbons (Fsp3) is 0.458. The van der Waals surface area contributed by atoms with Crippen LogP contribution in [0.1, 0.15) is 64.6 Å². The summed E-state index contributed by atoms with van der Waals surface area (Å²) in [6.07, 6.45) is 3.64. The Morgan fingerprint density at radius 1 is 1.15 bits per heavy atom. The second-order valence-electron chi connectivity index (χ2n) is 7.91. The first-order valence-electron chi connectivity index (χ1n) is 11.3. The lowest BCUT2D eigenvalue weighted by Gasteiger charge is -2.26. The molecule has 1 fully saturated rings. The molecule has 1 aromatic carbocycles. The van der Waals surface area contributed by atoms with E-state index in [4.69, 9.17) is 32.7 Å². The number of rotatable bonds is 9. The average molecular weight is 527 g/mol. The monoisotopic (exact) mass is 526 g/mol. The third-order valence-corrected chi connectivity index (χ3v) is 7.14. The van der Waals surface area contributed by atoms with E-state index in [0.717, 1.165) is 30.6 Å². The summed E-state index contributed by atoms with van der Waals surface area (Å²) in [4.78, 5) is 40.6. The van der Waals surface area contributed by atoms with Gasteiger partial charge in [-0.15, -0.1) is 11.3 Å². The largest absolute Gasteiger partial charge is 0.492 e. The SMILES string of the molecule is CCOC(=O)c1c(NC(=O)CCCOc2ccc(Cl)cc2Cl)sc(C(=O)N2CCCCC2)c1C. The highest BCUT2D eigenvalue weighted by Gasteiger charge is 2.29. The number of nitrogens with zero attached hydrogens (tertiary/aromatic N) is 1. The van der Waals surface area contributed by atoms with Gasteiger partial charge in [-0.05, 0) is 63.3 Å². The Kier molecular flexibility index (Phi) is 9.62. The number of likely N-dealkylation sites (tertiary alicyclic amines) is 1. The lowest BCUT2D eigenvalue weighted by Crippen LogP contribution is -2.35. The Hall–Kier alpha value is -2.29. The zero-order valence-electron chi connectivity index (χ0n) is 19.2. The van der Waals surface area contributed by atoms with Gasteiger partial charge in [-0.2, -0.15) is 0 Å². The predicted molar refractivity (Wildman–Crippen MR) is 135 cm³/mol. The number of carbonyl (C=O) groups is 3. The van der Waals surface area contributed by atoms with E-state index in [1.165, 1.54) is 0 Å². The van der Waals surface area contributed by atoms with Gasteiger partial charge in [-0.1, -0.05) is 23.2 Å². The molecule has 0 radical (unpaired) electrons. The molecule has 2 heterocycles. The predicted octanol–water partition coefficient (Wildman–Crippen LogP) is 5.96. The highest BCUT2D eigenvalue weighted by Crippen LogP contribution is 2.35. The van der Waals surface area contributed by atoms with Crippen molar-refractivity contribution in [3.63, 3.8) is 0 Å². The third-order valence-electron chi connectivity index (χ3n) is 5.42. The molecule has 1 N–H and O–H groups in total. The van der Waals surface area contributed by atoms with Gasteiger partial charge < -0.3 is 19.7 Å². The number of piperidine rings is 1. The minimum absolute atomic E-state index is 0.110. The summed E-state index contributed by atoms with van der Waals surface area (Å²) < 4.78 is 10.8. The van der Waals surface area contributed by atoms with Crippen LogP contribution in [0.2, 0.25) is 10.0 Å². The number of esters is 1. The van der Waals surface area contributed by atoms with Gasteiger partial charge in [-0.3, -0.25) is 9.59 Å². The molecule has 184 valence electrons. The van der Waals surface area contributed by atoms with Gasteiger partial charge in [0.25, 0.3) is 5.91 Å². The summed E-state index contributed by atoms with van der Waals surface area (Å²) in [5.41, 5.74) is 0.778. The molecule has 0 atom stereocenters. The van der Waals surface area contributed by atoms with Crippen molar-refractivity contribution < 1.29 is 23.9 Å². The average Bonchev–Trinajstić information content (AvgIpc) is 3.13. The molecule has 0 saturated carbocycles. The number of amides is 2. The second-order valence-corrected chi connectivity index (χ2v) is 9.77. The smallest absolute Gasteiger partial charge is 0.341 e. The molecule has 0 bridgehead atoms. The normalized spacial score (nSPS) is 13.5. The molecular weight excluding hydrogens is 499 g/mol. The molecule has 1 aromatic heterocycles. The molecule has 1 aliphatic heterocycles. The van der Waals surface area contributed by atoms with Gasteiger partial charge in [0, 0.05) is 24.5 Å². The van der Waals surface area contributed by atoms with Crippen molar-refractivity contribution in [3.05, 3.63) is 44.2 Å². The second kappa shape index (κ2) is 12.4. The summed E-state index contributed by atoms with van der Waals surface area (Å²) in [6.45, 7) is 5.31. The van der Waals surface area contributed by atoms with Crippen LogP contribution < -0.4 is 10.1 Å². The zero-order chi connectivity index (χ0) is 24.7. The van der Waals surface area contributed by atoms with Gasteiger partial charge in [0.15, 0.2) is 0 Å². The first kappa shape index (κ1) is 26.3. The Balaban J connectivity index is 1.66. The van der Waals surface area contributed by atoms with Gasteiger partial charge in [0.05, 0.1) is 28.7 Å². The summed E-state index contributed by atoms with van der Waals surface area (Å²) in [5, 5.41) is 4.04. The minimum atomic E-state index is -0.551. The van der Waals surface area contributed by atoms with Gasteiger partial charge >= 0.3 is 5.97 Å². The number of ether oxygens (including phenoxy) is 2. The molecule has 7 nitrogen and oxygen atoms in total. The third kappa shape index (κ3) is 6.64. The van der Waals surface area contributed by atoms with Crippen LogP contribution >= 0.6 is 34.5 Å². The van der Waals surface area contributed by atoms with E-state index in [-0.39, 0.29) is 37.0 Å². The lowest BCUT2D eigenvalue weighted by atomic mass is 10.1. The van der Waals surface area contributed by atoms with E-state index in [0.29, 0.717) is 50.7 Å². The number of nitrogens with one attached hydrogen (secondary N) is 1. The Morgan fingerprint density at radius 2 is 1.88 bits per heavy atom. The number of benzene rings is 1. The molecule has 10 heteroatoms. The maximum absolute atomic E-state index is 13.1. The molecule has 2 aromatic rings. The van der Waals surface area contributed by atoms with Crippen molar-refractivity contribution in [1.82, 2.24) is 4.90 Å². The molecule has 3 rings (SSSR count). The van der Waals surface area contributed by atoms with Crippen molar-refractivity contribution in [2.75, 3.05) is 31.6 Å². The van der Waals surface area contributed by atoms with Crippen LogP contribution in [0.15, 0.2) is 18.2 Å².